The van der Waals surface area contributed by atoms with E-state index in [9.17, 15) is 9.59 Å². The zero-order chi connectivity index (χ0) is 24.9. The highest BCUT2D eigenvalue weighted by Crippen LogP contribution is 2.29. The molecule has 184 valence electrons. The molecule has 7 heteroatoms. The van der Waals surface area contributed by atoms with Gasteiger partial charge in [-0.15, -0.1) is 0 Å². The quantitative estimate of drug-likeness (QED) is 0.480. The first kappa shape index (κ1) is 24.5. The minimum Gasteiger partial charge on any atom is -0.497 e. The predicted octanol–water partition coefficient (Wildman–Crippen LogP) is 5.39. The SMILES string of the molecule is COc1cccc(NC(=O)CCC(=O)Nc2ccc3nc(N4C[C@H](C)C[C@H](C)C4)cc(C)c3c2)c1. The van der Waals surface area contributed by atoms with Gasteiger partial charge in [-0.2, -0.15) is 0 Å². The number of methoxy groups -OCH3 is 1. The highest BCUT2D eigenvalue weighted by Gasteiger charge is 2.23. The van der Waals surface area contributed by atoms with Crippen LogP contribution >= 0.6 is 0 Å². The number of aromatic nitrogens is 1. The number of anilines is 3. The number of carbonyl (C=O) groups excluding carboxylic acids is 2. The summed E-state index contributed by atoms with van der Waals surface area (Å²) in [7, 11) is 1.57. The van der Waals surface area contributed by atoms with Crippen molar-refractivity contribution in [3.63, 3.8) is 0 Å². The van der Waals surface area contributed by atoms with Crippen LogP contribution in [-0.4, -0.2) is 37.0 Å². The molecular weight excluding hydrogens is 440 g/mol. The van der Waals surface area contributed by atoms with Crippen molar-refractivity contribution < 1.29 is 14.3 Å². The van der Waals surface area contributed by atoms with Crippen LogP contribution in [0.1, 0.15) is 38.7 Å². The summed E-state index contributed by atoms with van der Waals surface area (Å²) in [4.78, 5) is 32.0. The molecule has 1 saturated heterocycles. The highest BCUT2D eigenvalue weighted by atomic mass is 16.5. The maximum absolute atomic E-state index is 12.5. The fourth-order valence-corrected chi connectivity index (χ4v) is 4.84. The topological polar surface area (TPSA) is 83.6 Å². The third-order valence-electron chi connectivity index (χ3n) is 6.41. The van der Waals surface area contributed by atoms with Crippen molar-refractivity contribution >= 4 is 39.9 Å². The minimum atomic E-state index is -0.221. The van der Waals surface area contributed by atoms with Gasteiger partial charge in [0.25, 0.3) is 0 Å². The fourth-order valence-electron chi connectivity index (χ4n) is 4.84. The predicted molar refractivity (Wildman–Crippen MR) is 141 cm³/mol. The van der Waals surface area contributed by atoms with Crippen LogP contribution < -0.4 is 20.3 Å². The first-order valence-corrected chi connectivity index (χ1v) is 12.2. The molecule has 2 heterocycles. The van der Waals surface area contributed by atoms with Crippen molar-refractivity contribution in [1.29, 1.82) is 0 Å². The molecule has 7 nitrogen and oxygen atoms in total. The molecule has 0 bridgehead atoms. The third kappa shape index (κ3) is 6.29. The minimum absolute atomic E-state index is 0.0905. The maximum atomic E-state index is 12.5. The van der Waals surface area contributed by atoms with Crippen LogP contribution in [0, 0.1) is 18.8 Å². The van der Waals surface area contributed by atoms with Gasteiger partial charge in [0.2, 0.25) is 11.8 Å². The van der Waals surface area contributed by atoms with Crippen molar-refractivity contribution in [1.82, 2.24) is 4.98 Å². The lowest BCUT2D eigenvalue weighted by atomic mass is 9.92. The molecule has 0 aliphatic carbocycles. The van der Waals surface area contributed by atoms with Crippen molar-refractivity contribution in [2.75, 3.05) is 35.7 Å². The van der Waals surface area contributed by atoms with Gasteiger partial charge >= 0.3 is 0 Å². The molecule has 1 fully saturated rings. The number of ether oxygens (including phenoxy) is 1. The lowest BCUT2D eigenvalue weighted by molar-refractivity contribution is -0.121. The Morgan fingerprint density at radius 3 is 2.29 bits per heavy atom. The fraction of sp³-hybridized carbons (Fsp3) is 0.393. The van der Waals surface area contributed by atoms with E-state index < -0.39 is 0 Å². The van der Waals surface area contributed by atoms with Gasteiger partial charge < -0.3 is 20.3 Å². The molecule has 2 aromatic carbocycles. The second kappa shape index (κ2) is 10.8. The Bertz CT molecular complexity index is 1220. The van der Waals surface area contributed by atoms with Gasteiger partial charge in [0.1, 0.15) is 11.6 Å². The zero-order valence-electron chi connectivity index (χ0n) is 20.9. The van der Waals surface area contributed by atoms with Crippen molar-refractivity contribution in [3.05, 3.63) is 54.1 Å². The maximum Gasteiger partial charge on any atom is 0.224 e. The summed E-state index contributed by atoms with van der Waals surface area (Å²) in [6.45, 7) is 8.74. The van der Waals surface area contributed by atoms with Gasteiger partial charge in [0.15, 0.2) is 0 Å². The number of rotatable bonds is 7. The van der Waals surface area contributed by atoms with E-state index in [0.29, 0.717) is 29.0 Å². The van der Waals surface area contributed by atoms with Crippen LogP contribution in [0.3, 0.4) is 0 Å². The van der Waals surface area contributed by atoms with Crippen LogP contribution in [0.2, 0.25) is 0 Å². The van der Waals surface area contributed by atoms with Crippen LogP contribution in [-0.2, 0) is 9.59 Å². The molecular formula is C28H34N4O3. The first-order chi connectivity index (χ1) is 16.8. The van der Waals surface area contributed by atoms with Gasteiger partial charge in [-0.05, 0) is 67.1 Å². The zero-order valence-corrected chi connectivity index (χ0v) is 20.9. The number of hydrogen-bond acceptors (Lipinski definition) is 5. The smallest absolute Gasteiger partial charge is 0.224 e. The Morgan fingerprint density at radius 1 is 0.971 bits per heavy atom. The Labute approximate surface area is 206 Å². The standard InChI is InChI=1S/C28H34N4O3/c1-18-12-19(2)17-32(16-18)26-13-20(3)24-15-22(8-9-25(24)31-26)30-28(34)11-10-27(33)29-21-6-5-7-23(14-21)35-4/h5-9,13-15,18-19H,10-12,16-17H2,1-4H3,(H,29,33)(H,30,34)/t18-,19+. The van der Waals surface area contributed by atoms with Gasteiger partial charge in [-0.25, -0.2) is 4.98 Å². The third-order valence-corrected chi connectivity index (χ3v) is 6.41. The number of aryl methyl sites for hydroxylation is 1. The van der Waals surface area contributed by atoms with E-state index in [0.717, 1.165) is 35.4 Å². The summed E-state index contributed by atoms with van der Waals surface area (Å²) in [5, 5.41) is 6.72. The number of nitrogens with one attached hydrogen (secondary N) is 2. The average molecular weight is 475 g/mol. The highest BCUT2D eigenvalue weighted by molar-refractivity contribution is 5.98. The molecule has 35 heavy (non-hydrogen) atoms. The number of pyridine rings is 1. The van der Waals surface area contributed by atoms with Crippen molar-refractivity contribution in [2.24, 2.45) is 11.8 Å². The molecule has 1 aliphatic heterocycles. The Kier molecular flexibility index (Phi) is 7.54. The molecule has 4 rings (SSSR count). The summed E-state index contributed by atoms with van der Waals surface area (Å²) in [6.07, 6.45) is 1.44. The van der Waals surface area contributed by atoms with E-state index in [1.165, 1.54) is 6.42 Å². The molecule has 0 spiro atoms. The summed E-state index contributed by atoms with van der Waals surface area (Å²) >= 11 is 0. The number of fused-ring (bicyclic) bond motifs is 1. The summed E-state index contributed by atoms with van der Waals surface area (Å²) in [6, 6.07) is 15.0. The second-order valence-electron chi connectivity index (χ2n) is 9.71. The van der Waals surface area contributed by atoms with E-state index in [1.807, 2.05) is 18.2 Å². The van der Waals surface area contributed by atoms with Crippen LogP contribution in [0.25, 0.3) is 10.9 Å². The average Bonchev–Trinajstić information content (AvgIpc) is 2.82. The Hall–Kier alpha value is -3.61. The largest absolute Gasteiger partial charge is 0.497 e. The number of benzene rings is 2. The lowest BCUT2D eigenvalue weighted by Crippen LogP contribution is -2.39. The summed E-state index contributed by atoms with van der Waals surface area (Å²) in [5.74, 6) is 2.57. The van der Waals surface area contributed by atoms with E-state index >= 15 is 0 Å². The van der Waals surface area contributed by atoms with Gasteiger partial charge in [-0.1, -0.05) is 19.9 Å². The van der Waals surface area contributed by atoms with Crippen molar-refractivity contribution in [2.45, 2.75) is 40.0 Å². The molecule has 0 saturated carbocycles. The molecule has 2 atom stereocenters. The summed E-state index contributed by atoms with van der Waals surface area (Å²) in [5.41, 5.74) is 3.39. The second-order valence-corrected chi connectivity index (χ2v) is 9.71. The number of carbonyl (C=O) groups is 2. The Balaban J connectivity index is 1.37. The van der Waals surface area contributed by atoms with Gasteiger partial charge in [0.05, 0.1) is 12.6 Å². The van der Waals surface area contributed by atoms with E-state index in [-0.39, 0.29) is 24.7 Å². The van der Waals surface area contributed by atoms with E-state index in [2.05, 4.69) is 42.4 Å². The van der Waals surface area contributed by atoms with E-state index in [4.69, 9.17) is 9.72 Å². The molecule has 2 amide bonds. The van der Waals surface area contributed by atoms with Crippen LogP contribution in [0.5, 0.6) is 5.75 Å². The normalized spacial score (nSPS) is 17.8. The Morgan fingerprint density at radius 2 is 1.63 bits per heavy atom. The molecule has 3 aromatic rings. The van der Waals surface area contributed by atoms with Gasteiger partial charge in [0, 0.05) is 48.8 Å². The molecule has 0 radical (unpaired) electrons. The number of hydrogen-bond donors (Lipinski definition) is 2. The monoisotopic (exact) mass is 474 g/mol. The first-order valence-electron chi connectivity index (χ1n) is 12.2. The molecule has 1 aliphatic rings. The van der Waals surface area contributed by atoms with Crippen LogP contribution in [0.15, 0.2) is 48.5 Å². The molecule has 1 aromatic heterocycles. The van der Waals surface area contributed by atoms with Crippen LogP contribution in [0.4, 0.5) is 17.2 Å². The molecule has 2 N–H and O–H groups in total. The van der Waals surface area contributed by atoms with E-state index in [1.54, 1.807) is 31.4 Å². The number of nitrogens with zero attached hydrogens (tertiary/aromatic N) is 2. The lowest BCUT2D eigenvalue weighted by Gasteiger charge is -2.36. The van der Waals surface area contributed by atoms with Gasteiger partial charge in [-0.3, -0.25) is 9.59 Å². The molecule has 0 unspecified atom stereocenters. The van der Waals surface area contributed by atoms with Crippen molar-refractivity contribution in [3.8, 4) is 5.75 Å². The summed E-state index contributed by atoms with van der Waals surface area (Å²) < 4.78 is 5.16. The number of piperidine rings is 1. The number of amides is 2.